The highest BCUT2D eigenvalue weighted by atomic mass is 35.5. The van der Waals surface area contributed by atoms with Crippen LogP contribution in [-0.2, 0) is 6.54 Å². The van der Waals surface area contributed by atoms with Crippen molar-refractivity contribution in [1.82, 2.24) is 9.78 Å². The van der Waals surface area contributed by atoms with E-state index in [1.807, 2.05) is 6.92 Å². The van der Waals surface area contributed by atoms with Gasteiger partial charge in [0.1, 0.15) is 10.2 Å². The lowest BCUT2D eigenvalue weighted by molar-refractivity contribution is 0.582. The fourth-order valence-electron chi connectivity index (χ4n) is 0.921. The van der Waals surface area contributed by atoms with Gasteiger partial charge in [0.15, 0.2) is 0 Å². The first-order valence-corrected chi connectivity index (χ1v) is 4.51. The molecule has 0 amide bonds. The van der Waals surface area contributed by atoms with E-state index in [4.69, 9.17) is 28.9 Å². The van der Waals surface area contributed by atoms with Crippen LogP contribution < -0.4 is 5.73 Å². The van der Waals surface area contributed by atoms with Crippen molar-refractivity contribution >= 4 is 23.2 Å². The lowest BCUT2D eigenvalue weighted by atomic mass is 10.4. The Hall–Kier alpha value is -0.250. The smallest absolute Gasteiger partial charge is 0.145 e. The van der Waals surface area contributed by atoms with E-state index >= 15 is 0 Å². The summed E-state index contributed by atoms with van der Waals surface area (Å²) in [5.74, 6) is 0. The van der Waals surface area contributed by atoms with Crippen LogP contribution in [0.3, 0.4) is 0 Å². The predicted molar refractivity (Wildman–Crippen MR) is 50.7 cm³/mol. The summed E-state index contributed by atoms with van der Waals surface area (Å²) >= 11 is 11.7. The van der Waals surface area contributed by atoms with Gasteiger partial charge in [-0.2, -0.15) is 5.10 Å². The molecule has 2 N–H and O–H groups in total. The van der Waals surface area contributed by atoms with Gasteiger partial charge in [-0.25, -0.2) is 0 Å². The fourth-order valence-corrected chi connectivity index (χ4v) is 1.32. The zero-order valence-corrected chi connectivity index (χ0v) is 8.36. The van der Waals surface area contributed by atoms with Crippen molar-refractivity contribution in [3.63, 3.8) is 0 Å². The maximum absolute atomic E-state index is 5.88. The van der Waals surface area contributed by atoms with E-state index in [0.29, 0.717) is 16.7 Å². The Kier molecular flexibility index (Phi) is 3.38. The van der Waals surface area contributed by atoms with E-state index in [1.165, 1.54) is 0 Å². The first kappa shape index (κ1) is 9.84. The van der Waals surface area contributed by atoms with E-state index in [9.17, 15) is 0 Å². The molecule has 0 spiro atoms. The highest BCUT2D eigenvalue weighted by molar-refractivity contribution is 6.41. The average molecular weight is 208 g/mol. The van der Waals surface area contributed by atoms with Gasteiger partial charge in [-0.3, -0.25) is 4.68 Å². The summed E-state index contributed by atoms with van der Waals surface area (Å²) in [4.78, 5) is 0. The van der Waals surface area contributed by atoms with Crippen molar-refractivity contribution in [1.29, 1.82) is 0 Å². The average Bonchev–Trinajstić information content (AvgIpc) is 2.30. The maximum Gasteiger partial charge on any atom is 0.145 e. The van der Waals surface area contributed by atoms with Gasteiger partial charge in [-0.1, -0.05) is 23.2 Å². The molecule has 1 heterocycles. The van der Waals surface area contributed by atoms with Crippen molar-refractivity contribution < 1.29 is 0 Å². The quantitative estimate of drug-likeness (QED) is 0.823. The lowest BCUT2D eigenvalue weighted by Gasteiger charge is -1.99. The normalized spacial score (nSPS) is 10.7. The molecule has 1 aromatic rings. The van der Waals surface area contributed by atoms with Crippen LogP contribution in [0.15, 0.2) is 0 Å². The number of aryl methyl sites for hydroxylation is 2. The molecule has 12 heavy (non-hydrogen) atoms. The van der Waals surface area contributed by atoms with Gasteiger partial charge in [0.05, 0.1) is 5.69 Å². The van der Waals surface area contributed by atoms with E-state index in [1.54, 1.807) is 4.68 Å². The van der Waals surface area contributed by atoms with E-state index in [0.717, 1.165) is 18.7 Å². The molecule has 3 nitrogen and oxygen atoms in total. The highest BCUT2D eigenvalue weighted by Gasteiger charge is 2.09. The van der Waals surface area contributed by atoms with Gasteiger partial charge >= 0.3 is 0 Å². The number of nitrogens with two attached hydrogens (primary N) is 1. The third kappa shape index (κ3) is 1.91. The monoisotopic (exact) mass is 207 g/mol. The molecule has 1 aromatic heterocycles. The van der Waals surface area contributed by atoms with Crippen molar-refractivity contribution in [2.24, 2.45) is 5.73 Å². The standard InChI is InChI=1S/C7H11Cl2N3/c1-5-6(8)7(9)12(11-5)4-2-3-10/h2-4,10H2,1H3. The van der Waals surface area contributed by atoms with Gasteiger partial charge in [-0.15, -0.1) is 0 Å². The number of hydrogen-bond donors (Lipinski definition) is 1. The van der Waals surface area contributed by atoms with Crippen LogP contribution in [0.1, 0.15) is 12.1 Å². The summed E-state index contributed by atoms with van der Waals surface area (Å²) in [7, 11) is 0. The molecule has 5 heteroatoms. The second-order valence-electron chi connectivity index (χ2n) is 2.56. The molecule has 68 valence electrons. The van der Waals surface area contributed by atoms with Crippen LogP contribution in [-0.4, -0.2) is 16.3 Å². The zero-order chi connectivity index (χ0) is 9.14. The summed E-state index contributed by atoms with van der Waals surface area (Å²) < 4.78 is 1.67. The summed E-state index contributed by atoms with van der Waals surface area (Å²) in [6.45, 7) is 3.18. The summed E-state index contributed by atoms with van der Waals surface area (Å²) in [5, 5.41) is 5.18. The summed E-state index contributed by atoms with van der Waals surface area (Å²) in [6.07, 6.45) is 0.858. The molecule has 0 saturated carbocycles. The number of halogens is 2. The Labute approximate surface area is 81.4 Å². The first-order chi connectivity index (χ1) is 5.66. The number of aromatic nitrogens is 2. The predicted octanol–water partition coefficient (Wildman–Crippen LogP) is 1.85. The molecule has 0 bridgehead atoms. The molecule has 0 saturated heterocycles. The van der Waals surface area contributed by atoms with Crippen LogP contribution in [0.25, 0.3) is 0 Å². The molecule has 0 radical (unpaired) electrons. The third-order valence-corrected chi connectivity index (χ3v) is 2.50. The van der Waals surface area contributed by atoms with Gasteiger partial charge in [0.25, 0.3) is 0 Å². The van der Waals surface area contributed by atoms with Crippen LogP contribution in [0.5, 0.6) is 0 Å². The van der Waals surface area contributed by atoms with Crippen LogP contribution in [0.2, 0.25) is 10.2 Å². The summed E-state index contributed by atoms with van der Waals surface area (Å²) in [6, 6.07) is 0. The second kappa shape index (κ2) is 4.12. The molecule has 1 rings (SSSR count). The fraction of sp³-hybridized carbons (Fsp3) is 0.571. The molecular formula is C7H11Cl2N3. The molecule has 0 aliphatic rings. The summed E-state index contributed by atoms with van der Waals surface area (Å²) in [5.41, 5.74) is 6.12. The number of rotatable bonds is 3. The van der Waals surface area contributed by atoms with Crippen LogP contribution in [0, 0.1) is 6.92 Å². The molecule has 0 aliphatic heterocycles. The van der Waals surface area contributed by atoms with Gasteiger partial charge in [0.2, 0.25) is 0 Å². The van der Waals surface area contributed by atoms with Gasteiger partial charge in [-0.05, 0) is 19.9 Å². The third-order valence-electron chi connectivity index (χ3n) is 1.57. The van der Waals surface area contributed by atoms with E-state index < -0.39 is 0 Å². The van der Waals surface area contributed by atoms with Crippen molar-refractivity contribution in [3.05, 3.63) is 15.9 Å². The molecule has 0 atom stereocenters. The highest BCUT2D eigenvalue weighted by Crippen LogP contribution is 2.24. The minimum Gasteiger partial charge on any atom is -0.330 e. The van der Waals surface area contributed by atoms with Crippen molar-refractivity contribution in [2.45, 2.75) is 19.9 Å². The SMILES string of the molecule is Cc1nn(CCCN)c(Cl)c1Cl. The Balaban J connectivity index is 2.79. The molecule has 0 aliphatic carbocycles. The van der Waals surface area contributed by atoms with Crippen molar-refractivity contribution in [3.8, 4) is 0 Å². The Bertz CT molecular complexity index is 270. The van der Waals surface area contributed by atoms with Crippen LogP contribution >= 0.6 is 23.2 Å². The van der Waals surface area contributed by atoms with Gasteiger partial charge < -0.3 is 5.73 Å². The molecule has 0 fully saturated rings. The van der Waals surface area contributed by atoms with Crippen LogP contribution in [0.4, 0.5) is 0 Å². The Morgan fingerprint density at radius 3 is 2.58 bits per heavy atom. The van der Waals surface area contributed by atoms with E-state index in [2.05, 4.69) is 5.10 Å². The maximum atomic E-state index is 5.88. The first-order valence-electron chi connectivity index (χ1n) is 3.75. The minimum atomic E-state index is 0.502. The van der Waals surface area contributed by atoms with Crippen molar-refractivity contribution in [2.75, 3.05) is 6.54 Å². The second-order valence-corrected chi connectivity index (χ2v) is 3.29. The lowest BCUT2D eigenvalue weighted by Crippen LogP contribution is -2.07. The number of hydrogen-bond acceptors (Lipinski definition) is 2. The minimum absolute atomic E-state index is 0.502. The molecule has 0 aromatic carbocycles. The Morgan fingerprint density at radius 1 is 1.50 bits per heavy atom. The molecule has 0 unspecified atom stereocenters. The topological polar surface area (TPSA) is 43.8 Å². The zero-order valence-electron chi connectivity index (χ0n) is 6.85. The van der Waals surface area contributed by atoms with E-state index in [-0.39, 0.29) is 0 Å². The Morgan fingerprint density at radius 2 is 2.17 bits per heavy atom. The largest absolute Gasteiger partial charge is 0.330 e. The van der Waals surface area contributed by atoms with Gasteiger partial charge in [0, 0.05) is 6.54 Å². The molecular weight excluding hydrogens is 197 g/mol. The number of nitrogens with zero attached hydrogens (tertiary/aromatic N) is 2.